The number of hydrogen-bond donors (Lipinski definition) is 0. The Labute approximate surface area is 99.9 Å². The maximum atomic E-state index is 12.1. The molecule has 0 spiro atoms. The molecule has 1 amide bonds. The van der Waals surface area contributed by atoms with Gasteiger partial charge in [0.05, 0.1) is 5.69 Å². The zero-order valence-electron chi connectivity index (χ0n) is 9.99. The summed E-state index contributed by atoms with van der Waals surface area (Å²) >= 11 is 1.50. The fourth-order valence-electron chi connectivity index (χ4n) is 1.71. The average molecular weight is 239 g/mol. The summed E-state index contributed by atoms with van der Waals surface area (Å²) in [4.78, 5) is 21.7. The van der Waals surface area contributed by atoms with Gasteiger partial charge in [0.2, 0.25) is 0 Å². The first kappa shape index (κ1) is 11.5. The highest BCUT2D eigenvalue weighted by Gasteiger charge is 2.22. The highest BCUT2D eigenvalue weighted by Crippen LogP contribution is 2.18. The molecule has 0 saturated carbocycles. The standard InChI is InChI=1S/C11H17N3OS/c1-8-9(2)16-10(12-8)11(15)14-6-4-13(3)5-7-14/h4-7H2,1-3H3. The summed E-state index contributed by atoms with van der Waals surface area (Å²) in [5, 5.41) is 0.638. The zero-order valence-corrected chi connectivity index (χ0v) is 10.8. The van der Waals surface area contributed by atoms with Crippen molar-refractivity contribution in [2.75, 3.05) is 33.2 Å². The number of piperazine rings is 1. The lowest BCUT2D eigenvalue weighted by Crippen LogP contribution is -2.47. The fourth-order valence-corrected chi connectivity index (χ4v) is 2.59. The van der Waals surface area contributed by atoms with Gasteiger partial charge in [0, 0.05) is 31.1 Å². The van der Waals surface area contributed by atoms with Crippen LogP contribution in [0.2, 0.25) is 0 Å². The van der Waals surface area contributed by atoms with E-state index in [2.05, 4.69) is 16.9 Å². The van der Waals surface area contributed by atoms with Crippen LogP contribution in [-0.4, -0.2) is 53.9 Å². The van der Waals surface area contributed by atoms with E-state index in [1.165, 1.54) is 11.3 Å². The van der Waals surface area contributed by atoms with Gasteiger partial charge in [-0.1, -0.05) is 0 Å². The predicted octanol–water partition coefficient (Wildman–Crippen LogP) is 1.15. The topological polar surface area (TPSA) is 36.4 Å². The third-order valence-electron chi connectivity index (χ3n) is 3.00. The summed E-state index contributed by atoms with van der Waals surface area (Å²) in [6, 6.07) is 0. The van der Waals surface area contributed by atoms with E-state index < -0.39 is 0 Å². The summed E-state index contributed by atoms with van der Waals surface area (Å²) in [5.74, 6) is 0.0919. The molecule has 1 aliphatic rings. The van der Waals surface area contributed by atoms with Crippen LogP contribution < -0.4 is 0 Å². The van der Waals surface area contributed by atoms with Gasteiger partial charge in [-0.2, -0.15) is 0 Å². The van der Waals surface area contributed by atoms with Gasteiger partial charge >= 0.3 is 0 Å². The van der Waals surface area contributed by atoms with E-state index >= 15 is 0 Å². The van der Waals surface area contributed by atoms with Crippen LogP contribution in [0.4, 0.5) is 0 Å². The number of carbonyl (C=O) groups excluding carboxylic acids is 1. The van der Waals surface area contributed by atoms with Crippen molar-refractivity contribution in [3.8, 4) is 0 Å². The van der Waals surface area contributed by atoms with E-state index in [-0.39, 0.29) is 5.91 Å². The number of nitrogens with zero attached hydrogens (tertiary/aromatic N) is 3. The smallest absolute Gasteiger partial charge is 0.282 e. The molecule has 16 heavy (non-hydrogen) atoms. The van der Waals surface area contributed by atoms with E-state index in [1.54, 1.807) is 0 Å². The maximum absolute atomic E-state index is 12.1. The molecule has 88 valence electrons. The van der Waals surface area contributed by atoms with Gasteiger partial charge < -0.3 is 9.80 Å². The molecule has 1 fully saturated rings. The molecule has 4 nitrogen and oxygen atoms in total. The SMILES string of the molecule is Cc1nc(C(=O)N2CCN(C)CC2)sc1C. The Morgan fingerprint density at radius 2 is 1.88 bits per heavy atom. The number of aromatic nitrogens is 1. The van der Waals surface area contributed by atoms with Crippen molar-refractivity contribution in [2.24, 2.45) is 0 Å². The molecule has 0 atom stereocenters. The molecule has 2 rings (SSSR count). The molecule has 0 aromatic carbocycles. The van der Waals surface area contributed by atoms with Gasteiger partial charge in [0.15, 0.2) is 5.01 Å². The molecular formula is C11H17N3OS. The second-order valence-electron chi connectivity index (χ2n) is 4.26. The maximum Gasteiger partial charge on any atom is 0.282 e. The number of hydrogen-bond acceptors (Lipinski definition) is 4. The molecule has 5 heteroatoms. The largest absolute Gasteiger partial charge is 0.334 e. The summed E-state index contributed by atoms with van der Waals surface area (Å²) in [5.41, 5.74) is 0.975. The van der Waals surface area contributed by atoms with E-state index in [1.807, 2.05) is 18.7 Å². The van der Waals surface area contributed by atoms with E-state index in [0.29, 0.717) is 5.01 Å². The first-order valence-electron chi connectivity index (χ1n) is 5.50. The molecule has 0 N–H and O–H groups in total. The van der Waals surface area contributed by atoms with Crippen LogP contribution in [-0.2, 0) is 0 Å². The van der Waals surface area contributed by atoms with Crippen LogP contribution in [0.3, 0.4) is 0 Å². The normalized spacial score (nSPS) is 17.8. The average Bonchev–Trinajstić information content (AvgIpc) is 2.59. The van der Waals surface area contributed by atoms with Crippen molar-refractivity contribution in [1.82, 2.24) is 14.8 Å². The van der Waals surface area contributed by atoms with Crippen LogP contribution in [0.5, 0.6) is 0 Å². The van der Waals surface area contributed by atoms with E-state index in [4.69, 9.17) is 0 Å². The van der Waals surface area contributed by atoms with Gasteiger partial charge in [-0.3, -0.25) is 4.79 Å². The minimum atomic E-state index is 0.0919. The van der Waals surface area contributed by atoms with Gasteiger partial charge in [0.1, 0.15) is 0 Å². The number of amides is 1. The van der Waals surface area contributed by atoms with Crippen LogP contribution >= 0.6 is 11.3 Å². The molecule has 1 saturated heterocycles. The van der Waals surface area contributed by atoms with E-state index in [9.17, 15) is 4.79 Å². The number of aryl methyl sites for hydroxylation is 2. The molecule has 2 heterocycles. The van der Waals surface area contributed by atoms with Crippen molar-refractivity contribution in [3.05, 3.63) is 15.6 Å². The van der Waals surface area contributed by atoms with Crippen molar-refractivity contribution in [2.45, 2.75) is 13.8 Å². The van der Waals surface area contributed by atoms with Crippen molar-refractivity contribution in [1.29, 1.82) is 0 Å². The van der Waals surface area contributed by atoms with Gasteiger partial charge in [-0.05, 0) is 20.9 Å². The van der Waals surface area contributed by atoms with Gasteiger partial charge in [-0.25, -0.2) is 4.98 Å². The van der Waals surface area contributed by atoms with Crippen molar-refractivity contribution >= 4 is 17.2 Å². The predicted molar refractivity (Wildman–Crippen MR) is 65.0 cm³/mol. The number of rotatable bonds is 1. The summed E-state index contributed by atoms with van der Waals surface area (Å²) in [6.07, 6.45) is 0. The Morgan fingerprint density at radius 3 is 2.38 bits per heavy atom. The minimum absolute atomic E-state index is 0.0919. The minimum Gasteiger partial charge on any atom is -0.334 e. The Balaban J connectivity index is 2.07. The quantitative estimate of drug-likeness (QED) is 0.737. The first-order valence-corrected chi connectivity index (χ1v) is 6.31. The first-order chi connectivity index (χ1) is 7.58. The lowest BCUT2D eigenvalue weighted by Gasteiger charge is -2.31. The summed E-state index contributed by atoms with van der Waals surface area (Å²) in [6.45, 7) is 7.49. The molecule has 0 unspecified atom stereocenters. The molecule has 1 aromatic heterocycles. The second-order valence-corrected chi connectivity index (χ2v) is 5.46. The molecule has 0 aliphatic carbocycles. The third-order valence-corrected chi connectivity index (χ3v) is 4.06. The Kier molecular flexibility index (Phi) is 3.25. The highest BCUT2D eigenvalue weighted by atomic mass is 32.1. The summed E-state index contributed by atoms with van der Waals surface area (Å²) < 4.78 is 0. The number of carbonyl (C=O) groups is 1. The van der Waals surface area contributed by atoms with Crippen LogP contribution in [0.15, 0.2) is 0 Å². The molecule has 0 bridgehead atoms. The lowest BCUT2D eigenvalue weighted by atomic mass is 10.3. The fraction of sp³-hybridized carbons (Fsp3) is 0.636. The Hall–Kier alpha value is -0.940. The van der Waals surface area contributed by atoms with Crippen molar-refractivity contribution in [3.63, 3.8) is 0 Å². The number of likely N-dealkylation sites (N-methyl/N-ethyl adjacent to an activating group) is 1. The Morgan fingerprint density at radius 1 is 1.25 bits per heavy atom. The molecule has 1 aliphatic heterocycles. The highest BCUT2D eigenvalue weighted by molar-refractivity contribution is 7.13. The zero-order chi connectivity index (χ0) is 11.7. The van der Waals surface area contributed by atoms with Crippen LogP contribution in [0.1, 0.15) is 20.4 Å². The van der Waals surface area contributed by atoms with Crippen LogP contribution in [0.25, 0.3) is 0 Å². The monoisotopic (exact) mass is 239 g/mol. The van der Waals surface area contributed by atoms with E-state index in [0.717, 1.165) is 36.8 Å². The summed E-state index contributed by atoms with van der Waals surface area (Å²) in [7, 11) is 2.08. The van der Waals surface area contributed by atoms with Gasteiger partial charge in [-0.15, -0.1) is 11.3 Å². The van der Waals surface area contributed by atoms with Gasteiger partial charge in [0.25, 0.3) is 5.91 Å². The lowest BCUT2D eigenvalue weighted by molar-refractivity contribution is 0.0663. The van der Waals surface area contributed by atoms with Crippen molar-refractivity contribution < 1.29 is 4.79 Å². The third kappa shape index (κ3) is 2.25. The molecular weight excluding hydrogens is 222 g/mol. The molecule has 1 aromatic rings. The second kappa shape index (κ2) is 4.51. The molecule has 0 radical (unpaired) electrons. The number of thiazole rings is 1. The van der Waals surface area contributed by atoms with Crippen LogP contribution in [0, 0.1) is 13.8 Å². The Bertz CT molecular complexity index is 374.